The van der Waals surface area contributed by atoms with Crippen molar-refractivity contribution in [3.8, 4) is 0 Å². The van der Waals surface area contributed by atoms with Gasteiger partial charge in [0.2, 0.25) is 0 Å². The second-order valence-electron chi connectivity index (χ2n) is 11.0. The number of nitro benzene ring substituents is 2. The summed E-state index contributed by atoms with van der Waals surface area (Å²) in [6.07, 6.45) is 8.66. The summed E-state index contributed by atoms with van der Waals surface area (Å²) in [6.45, 7) is 3.97. The fraction of sp³-hybridized carbons (Fsp3) is 0.556. The molecular formula is C27H42N4O4+2. The van der Waals surface area contributed by atoms with Gasteiger partial charge in [-0.15, -0.1) is 0 Å². The molecule has 2 aromatic rings. The molecule has 8 nitrogen and oxygen atoms in total. The van der Waals surface area contributed by atoms with E-state index < -0.39 is 0 Å². The van der Waals surface area contributed by atoms with Crippen LogP contribution in [0.5, 0.6) is 0 Å². The SMILES string of the molecule is C[N+](C)(CCCCCCCCC[N+](C)(C)Cc1ccc([N+](=O)[O-])cc1)Cc1ccc([N+](=O)[O-])cc1. The van der Waals surface area contributed by atoms with Gasteiger partial charge in [0.15, 0.2) is 0 Å². The molecule has 2 aromatic carbocycles. The number of rotatable bonds is 16. The highest BCUT2D eigenvalue weighted by Crippen LogP contribution is 2.18. The lowest BCUT2D eigenvalue weighted by molar-refractivity contribution is -0.903. The van der Waals surface area contributed by atoms with Crippen LogP contribution in [0.25, 0.3) is 0 Å². The van der Waals surface area contributed by atoms with Gasteiger partial charge in [-0.2, -0.15) is 0 Å². The van der Waals surface area contributed by atoms with Crippen molar-refractivity contribution >= 4 is 11.4 Å². The molecule has 0 heterocycles. The van der Waals surface area contributed by atoms with Crippen molar-refractivity contribution in [3.05, 3.63) is 79.9 Å². The summed E-state index contributed by atoms with van der Waals surface area (Å²) < 4.78 is 1.78. The lowest BCUT2D eigenvalue weighted by Gasteiger charge is -2.30. The Balaban J connectivity index is 1.55. The molecule has 8 heteroatoms. The summed E-state index contributed by atoms with van der Waals surface area (Å²) in [5.41, 5.74) is 2.56. The zero-order valence-electron chi connectivity index (χ0n) is 21.8. The molecule has 35 heavy (non-hydrogen) atoms. The summed E-state index contributed by atoms with van der Waals surface area (Å²) in [5.74, 6) is 0. The van der Waals surface area contributed by atoms with Crippen LogP contribution in [0.3, 0.4) is 0 Å². The molecule has 0 radical (unpaired) electrons. The Hall–Kier alpha value is -2.84. The van der Waals surface area contributed by atoms with Crippen molar-refractivity contribution in [2.75, 3.05) is 41.3 Å². The van der Waals surface area contributed by atoms with Crippen LogP contribution in [0.1, 0.15) is 56.1 Å². The maximum absolute atomic E-state index is 10.8. The van der Waals surface area contributed by atoms with Gasteiger partial charge in [-0.25, -0.2) is 0 Å². The van der Waals surface area contributed by atoms with Crippen LogP contribution in [0.4, 0.5) is 11.4 Å². The highest BCUT2D eigenvalue weighted by atomic mass is 16.6. The van der Waals surface area contributed by atoms with Crippen LogP contribution >= 0.6 is 0 Å². The van der Waals surface area contributed by atoms with E-state index >= 15 is 0 Å². The van der Waals surface area contributed by atoms with E-state index in [0.717, 1.165) is 46.3 Å². The van der Waals surface area contributed by atoms with E-state index in [4.69, 9.17) is 0 Å². The zero-order chi connectivity index (χ0) is 25.9. The number of hydrogen-bond donors (Lipinski definition) is 0. The van der Waals surface area contributed by atoms with Crippen molar-refractivity contribution in [1.82, 2.24) is 0 Å². The molecule has 192 valence electrons. The van der Waals surface area contributed by atoms with Gasteiger partial charge < -0.3 is 8.97 Å². The zero-order valence-corrected chi connectivity index (χ0v) is 21.8. The molecular weight excluding hydrogens is 444 g/mol. The number of nitrogens with zero attached hydrogens (tertiary/aromatic N) is 4. The standard InChI is InChI=1S/C27H42N4O4/c1-30(2,22-24-12-16-26(17-13-24)28(32)33)20-10-8-6-5-7-9-11-21-31(3,4)23-25-14-18-27(19-15-25)29(34)35/h12-19H,5-11,20-23H2,1-4H3/q+2. The number of unbranched alkanes of at least 4 members (excludes halogenated alkanes) is 6. The molecule has 2 rings (SSSR count). The highest BCUT2D eigenvalue weighted by Gasteiger charge is 2.17. The summed E-state index contributed by atoms with van der Waals surface area (Å²) in [7, 11) is 8.88. The normalized spacial score (nSPS) is 12.0. The van der Waals surface area contributed by atoms with Crippen molar-refractivity contribution in [2.24, 2.45) is 0 Å². The van der Waals surface area contributed by atoms with Gasteiger partial charge in [-0.1, -0.05) is 19.3 Å². The molecule has 0 atom stereocenters. The van der Waals surface area contributed by atoms with Gasteiger partial charge in [0.1, 0.15) is 13.1 Å². The molecule has 0 amide bonds. The van der Waals surface area contributed by atoms with Crippen LogP contribution in [-0.4, -0.2) is 60.1 Å². The first-order valence-electron chi connectivity index (χ1n) is 12.6. The number of quaternary nitrogens is 2. The third-order valence-electron chi connectivity index (χ3n) is 6.54. The van der Waals surface area contributed by atoms with Crippen molar-refractivity contribution in [1.29, 1.82) is 0 Å². The van der Waals surface area contributed by atoms with Gasteiger partial charge in [-0.3, -0.25) is 20.2 Å². The fourth-order valence-corrected chi connectivity index (χ4v) is 4.56. The summed E-state index contributed by atoms with van der Waals surface area (Å²) in [5, 5.41) is 21.6. The van der Waals surface area contributed by atoms with Crippen LogP contribution in [0.15, 0.2) is 48.5 Å². The molecule has 0 bridgehead atoms. The Morgan fingerprint density at radius 3 is 1.11 bits per heavy atom. The Labute approximate surface area is 209 Å². The van der Waals surface area contributed by atoms with Gasteiger partial charge >= 0.3 is 0 Å². The highest BCUT2D eigenvalue weighted by molar-refractivity contribution is 5.33. The minimum Gasteiger partial charge on any atom is -0.325 e. The lowest BCUT2D eigenvalue weighted by Crippen LogP contribution is -2.39. The number of nitro groups is 2. The Bertz CT molecular complexity index is 863. The first-order chi connectivity index (χ1) is 16.5. The Morgan fingerprint density at radius 1 is 0.543 bits per heavy atom. The molecule has 0 fully saturated rings. The third-order valence-corrected chi connectivity index (χ3v) is 6.54. The van der Waals surface area contributed by atoms with Gasteiger partial charge in [-0.05, 0) is 49.9 Å². The summed E-state index contributed by atoms with van der Waals surface area (Å²) >= 11 is 0. The van der Waals surface area contributed by atoms with Crippen molar-refractivity contribution < 1.29 is 18.8 Å². The maximum Gasteiger partial charge on any atom is 0.269 e. The van der Waals surface area contributed by atoms with Crippen LogP contribution in [0.2, 0.25) is 0 Å². The van der Waals surface area contributed by atoms with Crippen LogP contribution in [0, 0.1) is 20.2 Å². The van der Waals surface area contributed by atoms with Gasteiger partial charge in [0.25, 0.3) is 11.4 Å². The fourth-order valence-electron chi connectivity index (χ4n) is 4.56. The topological polar surface area (TPSA) is 86.3 Å². The van der Waals surface area contributed by atoms with E-state index in [1.807, 2.05) is 24.3 Å². The predicted molar refractivity (Wildman–Crippen MR) is 140 cm³/mol. The van der Waals surface area contributed by atoms with Gasteiger partial charge in [0.05, 0.1) is 51.1 Å². The molecule has 0 saturated heterocycles. The summed E-state index contributed by atoms with van der Waals surface area (Å²) in [4.78, 5) is 20.9. The van der Waals surface area contributed by atoms with E-state index in [2.05, 4.69) is 28.2 Å². The average molecular weight is 487 g/mol. The Kier molecular flexibility index (Phi) is 10.8. The van der Waals surface area contributed by atoms with Crippen LogP contribution in [-0.2, 0) is 13.1 Å². The summed E-state index contributed by atoms with van der Waals surface area (Å²) in [6, 6.07) is 13.8. The van der Waals surface area contributed by atoms with Crippen molar-refractivity contribution in [2.45, 2.75) is 58.0 Å². The van der Waals surface area contributed by atoms with Gasteiger partial charge in [0, 0.05) is 35.4 Å². The molecule has 0 aliphatic rings. The quantitative estimate of drug-likeness (QED) is 0.124. The Morgan fingerprint density at radius 2 is 0.829 bits per heavy atom. The molecule has 0 unspecified atom stereocenters. The minimum absolute atomic E-state index is 0.144. The third kappa shape index (κ3) is 11.0. The molecule has 0 spiro atoms. The first-order valence-corrected chi connectivity index (χ1v) is 12.6. The second kappa shape index (κ2) is 13.3. The molecule has 0 saturated carbocycles. The monoisotopic (exact) mass is 486 g/mol. The molecule has 0 N–H and O–H groups in total. The first kappa shape index (κ1) is 28.4. The van der Waals surface area contributed by atoms with Crippen molar-refractivity contribution in [3.63, 3.8) is 0 Å². The minimum atomic E-state index is -0.355. The number of benzene rings is 2. The molecule has 0 aromatic heterocycles. The van der Waals surface area contributed by atoms with E-state index in [-0.39, 0.29) is 21.2 Å². The van der Waals surface area contributed by atoms with E-state index in [1.54, 1.807) is 24.3 Å². The van der Waals surface area contributed by atoms with E-state index in [0.29, 0.717) is 0 Å². The van der Waals surface area contributed by atoms with E-state index in [9.17, 15) is 20.2 Å². The molecule has 0 aliphatic carbocycles. The number of non-ortho nitro benzene ring substituents is 2. The second-order valence-corrected chi connectivity index (χ2v) is 11.0. The predicted octanol–water partition coefficient (Wildman–Crippen LogP) is 6.09. The lowest BCUT2D eigenvalue weighted by atomic mass is 10.1. The van der Waals surface area contributed by atoms with E-state index in [1.165, 1.54) is 44.9 Å². The smallest absolute Gasteiger partial charge is 0.269 e. The van der Waals surface area contributed by atoms with Crippen LogP contribution < -0.4 is 0 Å². The average Bonchev–Trinajstić information content (AvgIpc) is 2.78. The maximum atomic E-state index is 10.8. The number of hydrogen-bond acceptors (Lipinski definition) is 4. The largest absolute Gasteiger partial charge is 0.325 e. The molecule has 0 aliphatic heterocycles.